The average Bonchev–Trinajstić information content (AvgIpc) is 2.73. The summed E-state index contributed by atoms with van der Waals surface area (Å²) in [6.45, 7) is 6.66. The molecule has 1 rings (SSSR count). The van der Waals surface area contributed by atoms with Gasteiger partial charge in [-0.25, -0.2) is 4.79 Å². The van der Waals surface area contributed by atoms with Crippen LogP contribution >= 0.6 is 0 Å². The minimum absolute atomic E-state index is 0.120. The molecular formula is C22H39NO9S. The lowest BCUT2D eigenvalue weighted by atomic mass is 9.65. The average molecular weight is 494 g/mol. The van der Waals surface area contributed by atoms with Gasteiger partial charge < -0.3 is 20.3 Å². The van der Waals surface area contributed by atoms with E-state index in [2.05, 4.69) is 5.32 Å². The first kappa shape index (κ1) is 29.3. The Morgan fingerprint density at radius 1 is 1.12 bits per heavy atom. The van der Waals surface area contributed by atoms with Crippen molar-refractivity contribution in [2.45, 2.75) is 84.8 Å². The topological polar surface area (TPSA) is 156 Å². The monoisotopic (exact) mass is 493 g/mol. The van der Waals surface area contributed by atoms with Gasteiger partial charge in [-0.15, -0.1) is 0 Å². The zero-order chi connectivity index (χ0) is 25.4. The fourth-order valence-electron chi connectivity index (χ4n) is 4.05. The summed E-state index contributed by atoms with van der Waals surface area (Å²) in [6.07, 6.45) is 2.85. The molecule has 33 heavy (non-hydrogen) atoms. The molecule has 0 aliphatic heterocycles. The Bertz CT molecular complexity index is 788. The summed E-state index contributed by atoms with van der Waals surface area (Å²) in [7, 11) is -4.11. The minimum Gasteiger partial charge on any atom is -0.479 e. The van der Waals surface area contributed by atoms with Crippen LogP contribution in [0, 0.1) is 17.3 Å². The van der Waals surface area contributed by atoms with E-state index in [0.29, 0.717) is 12.8 Å². The molecule has 0 spiro atoms. The van der Waals surface area contributed by atoms with Crippen molar-refractivity contribution in [3.8, 4) is 0 Å². The molecule has 0 radical (unpaired) electrons. The molecule has 1 fully saturated rings. The van der Waals surface area contributed by atoms with E-state index < -0.39 is 51.7 Å². The van der Waals surface area contributed by atoms with Crippen LogP contribution in [0.15, 0.2) is 0 Å². The van der Waals surface area contributed by atoms with Crippen molar-refractivity contribution in [1.29, 1.82) is 0 Å². The largest absolute Gasteiger partial charge is 0.479 e. The highest BCUT2D eigenvalue weighted by Gasteiger charge is 2.58. The van der Waals surface area contributed by atoms with Crippen molar-refractivity contribution < 1.29 is 41.9 Å². The van der Waals surface area contributed by atoms with Crippen LogP contribution in [0.2, 0.25) is 0 Å². The van der Waals surface area contributed by atoms with E-state index in [1.54, 1.807) is 13.8 Å². The number of rotatable bonds is 13. The summed E-state index contributed by atoms with van der Waals surface area (Å²) >= 11 is 0. The molecule has 192 valence electrons. The molecule has 2 atom stereocenters. The summed E-state index contributed by atoms with van der Waals surface area (Å²) in [5, 5.41) is 23.6. The molecule has 3 N–H and O–H groups in total. The maximum Gasteiger partial charge on any atom is 0.340 e. The van der Waals surface area contributed by atoms with E-state index in [-0.39, 0.29) is 30.5 Å². The summed E-state index contributed by atoms with van der Waals surface area (Å²) in [5.41, 5.74) is -4.20. The normalized spacial score (nSPS) is 18.4. The zero-order valence-electron chi connectivity index (χ0n) is 20.3. The first-order chi connectivity index (χ1) is 15.1. The third-order valence-corrected chi connectivity index (χ3v) is 7.59. The Labute approximate surface area is 196 Å². The Morgan fingerprint density at radius 3 is 2.18 bits per heavy atom. The van der Waals surface area contributed by atoms with Gasteiger partial charge in [0.25, 0.3) is 10.1 Å². The minimum atomic E-state index is -4.11. The SMILES string of the molecule is CC(=O)NCCCS(=O)(=O)OC(C1CCCCC1)C(C)(C)[C@@](O)(COC(=O)C(C)C)C(=O)O. The molecule has 0 aromatic heterocycles. The van der Waals surface area contributed by atoms with Crippen LogP contribution in [-0.2, 0) is 33.4 Å². The Kier molecular flexibility index (Phi) is 10.8. The molecule has 1 unspecified atom stereocenters. The second-order valence-electron chi connectivity index (χ2n) is 9.66. The van der Waals surface area contributed by atoms with E-state index in [9.17, 15) is 33.0 Å². The van der Waals surface area contributed by atoms with Crippen LogP contribution in [0.3, 0.4) is 0 Å². The molecule has 1 aliphatic carbocycles. The van der Waals surface area contributed by atoms with Crippen LogP contribution in [0.25, 0.3) is 0 Å². The summed E-state index contributed by atoms with van der Waals surface area (Å²) in [6, 6.07) is 0. The number of hydrogen-bond donors (Lipinski definition) is 3. The zero-order valence-corrected chi connectivity index (χ0v) is 21.1. The van der Waals surface area contributed by atoms with E-state index in [0.717, 1.165) is 19.3 Å². The number of amides is 1. The number of carbonyl (C=O) groups is 3. The number of carboxylic acids is 1. The van der Waals surface area contributed by atoms with E-state index in [1.165, 1.54) is 20.8 Å². The molecule has 0 aromatic rings. The van der Waals surface area contributed by atoms with Gasteiger partial charge in [0.05, 0.1) is 17.8 Å². The van der Waals surface area contributed by atoms with Gasteiger partial charge in [0.1, 0.15) is 6.61 Å². The molecule has 0 bridgehead atoms. The highest BCUT2D eigenvalue weighted by molar-refractivity contribution is 7.86. The number of esters is 1. The summed E-state index contributed by atoms with van der Waals surface area (Å²) < 4.78 is 36.2. The van der Waals surface area contributed by atoms with E-state index in [1.807, 2.05) is 0 Å². The highest BCUT2D eigenvalue weighted by Crippen LogP contribution is 2.44. The van der Waals surface area contributed by atoms with Gasteiger partial charge in [0, 0.05) is 18.9 Å². The van der Waals surface area contributed by atoms with Gasteiger partial charge in [0.2, 0.25) is 11.5 Å². The first-order valence-corrected chi connectivity index (χ1v) is 13.0. The maximum atomic E-state index is 12.8. The highest BCUT2D eigenvalue weighted by atomic mass is 32.2. The lowest BCUT2D eigenvalue weighted by Crippen LogP contribution is -2.62. The maximum absolute atomic E-state index is 12.8. The standard InChI is InChI=1S/C22H39NO9S/c1-15(2)19(25)31-14-22(28,20(26)27)21(4,5)18(17-10-7-6-8-11-17)32-33(29,30)13-9-12-23-16(3)24/h15,17-18,28H,6-14H2,1-5H3,(H,23,24)(H,26,27)/t18?,22-/m1/s1. The van der Waals surface area contributed by atoms with Gasteiger partial charge in [-0.3, -0.25) is 13.8 Å². The Balaban J connectivity index is 3.21. The molecule has 0 aromatic carbocycles. The lowest BCUT2D eigenvalue weighted by Gasteiger charge is -2.47. The summed E-state index contributed by atoms with van der Waals surface area (Å²) in [4.78, 5) is 35.1. The van der Waals surface area contributed by atoms with Gasteiger partial charge in [-0.1, -0.05) is 47.0 Å². The van der Waals surface area contributed by atoms with Crippen molar-refractivity contribution in [2.75, 3.05) is 18.9 Å². The quantitative estimate of drug-likeness (QED) is 0.198. The van der Waals surface area contributed by atoms with Crippen LogP contribution in [-0.4, -0.2) is 67.1 Å². The number of hydrogen-bond acceptors (Lipinski definition) is 8. The lowest BCUT2D eigenvalue weighted by molar-refractivity contribution is -0.201. The molecule has 10 nitrogen and oxygen atoms in total. The number of aliphatic hydroxyl groups is 1. The Morgan fingerprint density at radius 2 is 1.70 bits per heavy atom. The van der Waals surface area contributed by atoms with Crippen molar-refractivity contribution in [1.82, 2.24) is 5.32 Å². The van der Waals surface area contributed by atoms with E-state index in [4.69, 9.17) is 8.92 Å². The van der Waals surface area contributed by atoms with E-state index >= 15 is 0 Å². The predicted molar refractivity (Wildman–Crippen MR) is 121 cm³/mol. The van der Waals surface area contributed by atoms with Gasteiger partial charge in [-0.2, -0.15) is 8.42 Å². The number of aliphatic carboxylic acids is 1. The Hall–Kier alpha value is -1.72. The van der Waals surface area contributed by atoms with Gasteiger partial charge >= 0.3 is 11.9 Å². The van der Waals surface area contributed by atoms with Crippen molar-refractivity contribution in [3.05, 3.63) is 0 Å². The fourth-order valence-corrected chi connectivity index (χ4v) is 5.35. The number of carbonyl (C=O) groups excluding carboxylic acids is 2. The van der Waals surface area contributed by atoms with Crippen LogP contribution < -0.4 is 5.32 Å². The van der Waals surface area contributed by atoms with Crippen LogP contribution in [0.5, 0.6) is 0 Å². The molecule has 11 heteroatoms. The van der Waals surface area contributed by atoms with Crippen LogP contribution in [0.1, 0.15) is 73.1 Å². The smallest absolute Gasteiger partial charge is 0.340 e. The van der Waals surface area contributed by atoms with Gasteiger partial charge in [-0.05, 0) is 25.2 Å². The second kappa shape index (κ2) is 12.1. The molecule has 1 amide bonds. The van der Waals surface area contributed by atoms with Crippen molar-refractivity contribution >= 4 is 28.0 Å². The van der Waals surface area contributed by atoms with Crippen molar-refractivity contribution in [2.24, 2.45) is 17.3 Å². The number of nitrogens with one attached hydrogen (secondary N) is 1. The molecule has 0 saturated heterocycles. The molecule has 0 heterocycles. The third kappa shape index (κ3) is 8.22. The van der Waals surface area contributed by atoms with Gasteiger partial charge in [0.15, 0.2) is 0 Å². The molecule has 1 saturated carbocycles. The number of carboxylic acid groups (broad SMARTS) is 1. The number of ether oxygens (including phenoxy) is 1. The summed E-state index contributed by atoms with van der Waals surface area (Å²) in [5.74, 6) is -3.79. The molecule has 1 aliphatic rings. The third-order valence-electron chi connectivity index (χ3n) is 6.30. The first-order valence-electron chi connectivity index (χ1n) is 11.4. The second-order valence-corrected chi connectivity index (χ2v) is 11.4. The molecular weight excluding hydrogens is 454 g/mol. The van der Waals surface area contributed by atoms with Crippen LogP contribution in [0.4, 0.5) is 0 Å². The predicted octanol–water partition coefficient (Wildman–Crippen LogP) is 1.85. The van der Waals surface area contributed by atoms with Crippen molar-refractivity contribution in [3.63, 3.8) is 0 Å². The fraction of sp³-hybridized carbons (Fsp3) is 0.864.